The fraction of sp³-hybridized carbons (Fsp3) is 0.611. The number of anilines is 1. The summed E-state index contributed by atoms with van der Waals surface area (Å²) in [6.45, 7) is 6.89. The summed E-state index contributed by atoms with van der Waals surface area (Å²) < 4.78 is 5.23. The van der Waals surface area contributed by atoms with Gasteiger partial charge in [0.2, 0.25) is 0 Å². The molecule has 128 valence electrons. The van der Waals surface area contributed by atoms with Crippen LogP contribution in [0, 0.1) is 12.8 Å². The third kappa shape index (κ3) is 3.78. The minimum atomic E-state index is -0.439. The number of carbonyl (C=O) groups is 1. The Bertz CT molecular complexity index is 559. The number of urea groups is 1. The molecular formula is C18H28N2O3. The Morgan fingerprint density at radius 3 is 2.83 bits per heavy atom. The van der Waals surface area contributed by atoms with E-state index in [1.165, 1.54) is 0 Å². The summed E-state index contributed by atoms with van der Waals surface area (Å²) >= 11 is 0. The molecule has 0 bridgehead atoms. The third-order valence-electron chi connectivity index (χ3n) is 4.61. The highest BCUT2D eigenvalue weighted by Gasteiger charge is 2.43. The molecule has 0 radical (unpaired) electrons. The minimum Gasteiger partial charge on any atom is -0.497 e. The van der Waals surface area contributed by atoms with E-state index in [4.69, 9.17) is 4.74 Å². The molecule has 1 aromatic carbocycles. The fourth-order valence-corrected chi connectivity index (χ4v) is 3.50. The number of methoxy groups -OCH3 is 1. The van der Waals surface area contributed by atoms with Gasteiger partial charge in [-0.1, -0.05) is 19.9 Å². The number of likely N-dealkylation sites (tertiary alicyclic amines) is 1. The Kier molecular flexibility index (Phi) is 5.52. The second kappa shape index (κ2) is 7.21. The molecule has 1 aromatic rings. The predicted molar refractivity (Wildman–Crippen MR) is 92.0 cm³/mol. The van der Waals surface area contributed by atoms with Crippen LogP contribution in [0.1, 0.15) is 38.7 Å². The Morgan fingerprint density at radius 1 is 1.48 bits per heavy atom. The van der Waals surface area contributed by atoms with Crippen LogP contribution < -0.4 is 10.1 Å². The molecule has 0 aliphatic carbocycles. The van der Waals surface area contributed by atoms with Gasteiger partial charge in [0.05, 0.1) is 19.3 Å². The zero-order valence-electron chi connectivity index (χ0n) is 14.6. The number of hydrogen-bond acceptors (Lipinski definition) is 3. The van der Waals surface area contributed by atoms with Crippen molar-refractivity contribution in [2.45, 2.75) is 45.6 Å². The van der Waals surface area contributed by atoms with Gasteiger partial charge >= 0.3 is 6.03 Å². The highest BCUT2D eigenvalue weighted by atomic mass is 16.5. The average Bonchev–Trinajstić information content (AvgIpc) is 2.92. The molecule has 23 heavy (non-hydrogen) atoms. The number of aryl methyl sites for hydroxylation is 1. The van der Waals surface area contributed by atoms with Crippen LogP contribution in [-0.4, -0.2) is 41.8 Å². The highest BCUT2D eigenvalue weighted by Crippen LogP contribution is 2.35. The van der Waals surface area contributed by atoms with Crippen LogP contribution in [0.2, 0.25) is 0 Å². The van der Waals surface area contributed by atoms with E-state index in [1.807, 2.05) is 30.0 Å². The topological polar surface area (TPSA) is 61.8 Å². The number of benzene rings is 1. The zero-order valence-corrected chi connectivity index (χ0v) is 14.6. The van der Waals surface area contributed by atoms with Gasteiger partial charge in [0.25, 0.3) is 0 Å². The number of carbonyl (C=O) groups excluding carboxylic acids is 1. The number of nitrogens with one attached hydrogen (secondary N) is 1. The number of amides is 2. The number of aliphatic hydroxyl groups is 1. The van der Waals surface area contributed by atoms with Gasteiger partial charge in [0.1, 0.15) is 5.75 Å². The van der Waals surface area contributed by atoms with Crippen LogP contribution in [0.25, 0.3) is 0 Å². The molecule has 5 nitrogen and oxygen atoms in total. The van der Waals surface area contributed by atoms with Gasteiger partial charge in [-0.25, -0.2) is 4.79 Å². The first-order chi connectivity index (χ1) is 10.9. The van der Waals surface area contributed by atoms with Gasteiger partial charge in [-0.15, -0.1) is 0 Å². The maximum absolute atomic E-state index is 12.8. The summed E-state index contributed by atoms with van der Waals surface area (Å²) in [7, 11) is 1.61. The lowest BCUT2D eigenvalue weighted by atomic mass is 9.87. The quantitative estimate of drug-likeness (QED) is 0.874. The summed E-state index contributed by atoms with van der Waals surface area (Å²) in [6.07, 6.45) is 2.60. The molecule has 2 N–H and O–H groups in total. The summed E-state index contributed by atoms with van der Waals surface area (Å²) in [5.41, 5.74) is 1.29. The van der Waals surface area contributed by atoms with Crippen molar-refractivity contribution in [1.29, 1.82) is 0 Å². The molecule has 1 fully saturated rings. The average molecular weight is 320 g/mol. The molecule has 0 saturated carbocycles. The Balaban J connectivity index is 2.19. The smallest absolute Gasteiger partial charge is 0.322 e. The van der Waals surface area contributed by atoms with Crippen LogP contribution in [0.5, 0.6) is 5.75 Å². The summed E-state index contributed by atoms with van der Waals surface area (Å²) in [5, 5.41) is 12.9. The van der Waals surface area contributed by atoms with Crippen LogP contribution in [0.15, 0.2) is 18.2 Å². The molecule has 1 atom stereocenters. The number of hydrogen-bond donors (Lipinski definition) is 2. The second-order valence-electron chi connectivity index (χ2n) is 6.85. The van der Waals surface area contributed by atoms with Gasteiger partial charge in [-0.3, -0.25) is 0 Å². The van der Waals surface area contributed by atoms with Crippen molar-refractivity contribution in [2.24, 2.45) is 5.92 Å². The second-order valence-corrected chi connectivity index (χ2v) is 6.85. The van der Waals surface area contributed by atoms with Crippen molar-refractivity contribution >= 4 is 11.7 Å². The Morgan fingerprint density at radius 2 is 2.22 bits per heavy atom. The van der Waals surface area contributed by atoms with Crippen molar-refractivity contribution in [3.63, 3.8) is 0 Å². The molecule has 2 amide bonds. The lowest BCUT2D eigenvalue weighted by Gasteiger charge is -2.38. The van der Waals surface area contributed by atoms with Crippen molar-refractivity contribution in [3.8, 4) is 5.75 Å². The van der Waals surface area contributed by atoms with Crippen molar-refractivity contribution in [1.82, 2.24) is 4.90 Å². The standard InChI is InChI=1S/C18H28N2O3/c1-13(2)11-18(12-21)8-5-9-20(18)17(22)19-16-10-15(23-4)7-6-14(16)3/h6-7,10,13,21H,5,8-9,11-12H2,1-4H3,(H,19,22). The van der Waals surface area contributed by atoms with E-state index < -0.39 is 5.54 Å². The van der Waals surface area contributed by atoms with E-state index in [0.717, 1.165) is 30.5 Å². The maximum atomic E-state index is 12.8. The van der Waals surface area contributed by atoms with E-state index in [1.54, 1.807) is 7.11 Å². The molecule has 1 saturated heterocycles. The first-order valence-electron chi connectivity index (χ1n) is 8.26. The molecule has 2 rings (SSSR count). The summed E-state index contributed by atoms with van der Waals surface area (Å²) in [4.78, 5) is 14.6. The van der Waals surface area contributed by atoms with Gasteiger partial charge in [0.15, 0.2) is 0 Å². The van der Waals surface area contributed by atoms with E-state index in [2.05, 4.69) is 19.2 Å². The van der Waals surface area contributed by atoms with Crippen LogP contribution in [0.3, 0.4) is 0 Å². The first kappa shape index (κ1) is 17.6. The summed E-state index contributed by atoms with van der Waals surface area (Å²) in [5.74, 6) is 1.14. The van der Waals surface area contributed by atoms with Gasteiger partial charge in [-0.2, -0.15) is 0 Å². The first-order valence-corrected chi connectivity index (χ1v) is 8.26. The largest absolute Gasteiger partial charge is 0.497 e. The molecule has 1 aliphatic heterocycles. The van der Waals surface area contributed by atoms with Gasteiger partial charge in [-0.05, 0) is 43.7 Å². The van der Waals surface area contributed by atoms with Crippen molar-refractivity contribution < 1.29 is 14.6 Å². The number of aliphatic hydroxyl groups excluding tert-OH is 1. The normalized spacial score (nSPS) is 20.9. The van der Waals surface area contributed by atoms with E-state index >= 15 is 0 Å². The lowest BCUT2D eigenvalue weighted by Crippen LogP contribution is -2.52. The Labute approximate surface area is 138 Å². The summed E-state index contributed by atoms with van der Waals surface area (Å²) in [6, 6.07) is 5.48. The zero-order chi connectivity index (χ0) is 17.0. The van der Waals surface area contributed by atoms with E-state index in [-0.39, 0.29) is 12.6 Å². The van der Waals surface area contributed by atoms with Gasteiger partial charge < -0.3 is 20.1 Å². The monoisotopic (exact) mass is 320 g/mol. The highest BCUT2D eigenvalue weighted by molar-refractivity contribution is 5.91. The van der Waals surface area contributed by atoms with Crippen LogP contribution in [0.4, 0.5) is 10.5 Å². The third-order valence-corrected chi connectivity index (χ3v) is 4.61. The van der Waals surface area contributed by atoms with Crippen molar-refractivity contribution in [3.05, 3.63) is 23.8 Å². The van der Waals surface area contributed by atoms with Crippen LogP contribution in [-0.2, 0) is 0 Å². The molecular weight excluding hydrogens is 292 g/mol. The molecule has 0 spiro atoms. The number of rotatable bonds is 5. The van der Waals surface area contributed by atoms with Crippen LogP contribution >= 0.6 is 0 Å². The fourth-order valence-electron chi connectivity index (χ4n) is 3.50. The SMILES string of the molecule is COc1ccc(C)c(NC(=O)N2CCCC2(CO)CC(C)C)c1. The molecule has 0 aromatic heterocycles. The number of ether oxygens (including phenoxy) is 1. The molecule has 1 unspecified atom stereocenters. The Hall–Kier alpha value is -1.75. The minimum absolute atomic E-state index is 0.00962. The number of nitrogens with zero attached hydrogens (tertiary/aromatic N) is 1. The maximum Gasteiger partial charge on any atom is 0.322 e. The predicted octanol–water partition coefficient (Wildman–Crippen LogP) is 3.41. The van der Waals surface area contributed by atoms with E-state index in [9.17, 15) is 9.90 Å². The molecule has 1 heterocycles. The van der Waals surface area contributed by atoms with E-state index in [0.29, 0.717) is 18.2 Å². The van der Waals surface area contributed by atoms with Crippen molar-refractivity contribution in [2.75, 3.05) is 25.6 Å². The van der Waals surface area contributed by atoms with Gasteiger partial charge in [0, 0.05) is 18.3 Å². The lowest BCUT2D eigenvalue weighted by molar-refractivity contribution is 0.0728. The molecule has 1 aliphatic rings. The molecule has 5 heteroatoms.